The van der Waals surface area contributed by atoms with Gasteiger partial charge in [-0.2, -0.15) is 5.10 Å². The number of aromatic nitrogens is 4. The van der Waals surface area contributed by atoms with Gasteiger partial charge in [0, 0.05) is 45.0 Å². The lowest BCUT2D eigenvalue weighted by Crippen LogP contribution is -2.10. The third-order valence-electron chi connectivity index (χ3n) is 2.77. The Labute approximate surface area is 113 Å². The van der Waals surface area contributed by atoms with E-state index in [-0.39, 0.29) is 0 Å². The van der Waals surface area contributed by atoms with Gasteiger partial charge >= 0.3 is 0 Å². The van der Waals surface area contributed by atoms with E-state index in [9.17, 15) is 0 Å². The van der Waals surface area contributed by atoms with E-state index in [1.54, 1.807) is 6.20 Å². The van der Waals surface area contributed by atoms with E-state index in [4.69, 9.17) is 0 Å². The lowest BCUT2D eigenvalue weighted by atomic mass is 10.4. The topological polar surface area (TPSA) is 67.7 Å². The van der Waals surface area contributed by atoms with Gasteiger partial charge in [0.15, 0.2) is 0 Å². The second-order valence-electron chi connectivity index (χ2n) is 4.21. The molecule has 0 unspecified atom stereocenters. The molecule has 0 fully saturated rings. The van der Waals surface area contributed by atoms with Crippen molar-refractivity contribution >= 4 is 11.6 Å². The maximum atomic E-state index is 4.45. The van der Waals surface area contributed by atoms with Gasteiger partial charge < -0.3 is 10.6 Å². The molecule has 6 nitrogen and oxygen atoms in total. The van der Waals surface area contributed by atoms with Crippen LogP contribution in [0.25, 0.3) is 0 Å². The zero-order valence-corrected chi connectivity index (χ0v) is 11.4. The minimum atomic E-state index is 0.831. The summed E-state index contributed by atoms with van der Waals surface area (Å²) in [6.45, 7) is 3.82. The SMILES string of the molecule is CCc1nc(NC)cc(NCCCn2cccn2)n1. The lowest BCUT2D eigenvalue weighted by molar-refractivity contribution is 0.591. The molecule has 0 radical (unpaired) electrons. The Morgan fingerprint density at radius 2 is 2.11 bits per heavy atom. The average molecular weight is 260 g/mol. The molecule has 0 amide bonds. The Morgan fingerprint density at radius 1 is 1.26 bits per heavy atom. The minimum absolute atomic E-state index is 0.831. The fraction of sp³-hybridized carbons (Fsp3) is 0.462. The highest BCUT2D eigenvalue weighted by Gasteiger charge is 2.01. The molecule has 2 N–H and O–H groups in total. The van der Waals surface area contributed by atoms with Crippen LogP contribution in [0.5, 0.6) is 0 Å². The van der Waals surface area contributed by atoms with Crippen LogP contribution < -0.4 is 10.6 Å². The van der Waals surface area contributed by atoms with Gasteiger partial charge in [0.05, 0.1) is 0 Å². The highest BCUT2D eigenvalue weighted by Crippen LogP contribution is 2.11. The third kappa shape index (κ3) is 3.94. The van der Waals surface area contributed by atoms with Crippen LogP contribution in [-0.2, 0) is 13.0 Å². The van der Waals surface area contributed by atoms with Crippen molar-refractivity contribution in [3.63, 3.8) is 0 Å². The van der Waals surface area contributed by atoms with Crippen LogP contribution in [0, 0.1) is 0 Å². The molecule has 0 saturated heterocycles. The number of hydrogen-bond donors (Lipinski definition) is 2. The second kappa shape index (κ2) is 6.72. The summed E-state index contributed by atoms with van der Waals surface area (Å²) in [5.41, 5.74) is 0. The molecule has 0 spiro atoms. The maximum Gasteiger partial charge on any atom is 0.132 e. The molecular weight excluding hydrogens is 240 g/mol. The van der Waals surface area contributed by atoms with Gasteiger partial charge in [-0.05, 0) is 12.5 Å². The van der Waals surface area contributed by atoms with Gasteiger partial charge in [0.25, 0.3) is 0 Å². The van der Waals surface area contributed by atoms with Crippen LogP contribution in [0.4, 0.5) is 11.6 Å². The van der Waals surface area contributed by atoms with E-state index >= 15 is 0 Å². The quantitative estimate of drug-likeness (QED) is 0.743. The Kier molecular flexibility index (Phi) is 4.72. The molecule has 102 valence electrons. The van der Waals surface area contributed by atoms with Crippen LogP contribution in [0.2, 0.25) is 0 Å². The molecule has 0 atom stereocenters. The van der Waals surface area contributed by atoms with E-state index in [0.717, 1.165) is 43.4 Å². The third-order valence-corrected chi connectivity index (χ3v) is 2.77. The summed E-state index contributed by atoms with van der Waals surface area (Å²) in [5, 5.41) is 10.5. The molecule has 0 aromatic carbocycles. The van der Waals surface area contributed by atoms with E-state index in [2.05, 4.69) is 32.6 Å². The van der Waals surface area contributed by atoms with Crippen molar-refractivity contribution in [1.29, 1.82) is 0 Å². The first-order valence-electron chi connectivity index (χ1n) is 6.59. The van der Waals surface area contributed by atoms with Crippen LogP contribution in [-0.4, -0.2) is 33.3 Å². The largest absolute Gasteiger partial charge is 0.373 e. The summed E-state index contributed by atoms with van der Waals surface area (Å²) in [6, 6.07) is 3.86. The molecule has 0 aliphatic rings. The standard InChI is InChI=1S/C13H20N6/c1-3-11-17-12(14-2)10-13(18-11)15-6-4-8-19-9-5-7-16-19/h5,7,9-10H,3-4,6,8H2,1-2H3,(H2,14,15,17,18). The van der Waals surface area contributed by atoms with E-state index in [1.165, 1.54) is 0 Å². The molecule has 0 aliphatic carbocycles. The maximum absolute atomic E-state index is 4.45. The number of nitrogens with one attached hydrogen (secondary N) is 2. The number of anilines is 2. The second-order valence-corrected chi connectivity index (χ2v) is 4.21. The monoisotopic (exact) mass is 260 g/mol. The van der Waals surface area contributed by atoms with Crippen molar-refractivity contribution in [3.05, 3.63) is 30.4 Å². The fourth-order valence-corrected chi connectivity index (χ4v) is 1.76. The van der Waals surface area contributed by atoms with Gasteiger partial charge in [0.2, 0.25) is 0 Å². The van der Waals surface area contributed by atoms with Gasteiger partial charge in [-0.15, -0.1) is 0 Å². The summed E-state index contributed by atoms with van der Waals surface area (Å²) in [4.78, 5) is 8.81. The molecule has 2 rings (SSSR count). The molecule has 2 aromatic heterocycles. The molecule has 0 bridgehead atoms. The minimum Gasteiger partial charge on any atom is -0.373 e. The molecule has 2 heterocycles. The summed E-state index contributed by atoms with van der Waals surface area (Å²) >= 11 is 0. The first kappa shape index (κ1) is 13.3. The van der Waals surface area contributed by atoms with Crippen molar-refractivity contribution < 1.29 is 0 Å². The zero-order chi connectivity index (χ0) is 13.5. The normalized spacial score (nSPS) is 10.4. The Bertz CT molecular complexity index is 472. The highest BCUT2D eigenvalue weighted by molar-refractivity contribution is 5.47. The number of aryl methyl sites for hydroxylation is 2. The Balaban J connectivity index is 1.84. The summed E-state index contributed by atoms with van der Waals surface area (Å²) in [6.07, 6.45) is 5.60. The summed E-state index contributed by atoms with van der Waals surface area (Å²) < 4.78 is 1.93. The van der Waals surface area contributed by atoms with Crippen molar-refractivity contribution in [2.24, 2.45) is 0 Å². The van der Waals surface area contributed by atoms with E-state index in [1.807, 2.05) is 30.1 Å². The van der Waals surface area contributed by atoms with Gasteiger partial charge in [0.1, 0.15) is 17.5 Å². The van der Waals surface area contributed by atoms with Gasteiger partial charge in [-0.1, -0.05) is 6.92 Å². The fourth-order valence-electron chi connectivity index (χ4n) is 1.76. The molecule has 0 aliphatic heterocycles. The molecule has 2 aromatic rings. The van der Waals surface area contributed by atoms with Crippen molar-refractivity contribution in [3.8, 4) is 0 Å². The predicted octanol–water partition coefficient (Wildman–Crippen LogP) is 1.78. The van der Waals surface area contributed by atoms with Gasteiger partial charge in [-0.25, -0.2) is 9.97 Å². The zero-order valence-electron chi connectivity index (χ0n) is 11.4. The smallest absolute Gasteiger partial charge is 0.132 e. The number of nitrogens with zero attached hydrogens (tertiary/aromatic N) is 4. The predicted molar refractivity (Wildman–Crippen MR) is 76.3 cm³/mol. The van der Waals surface area contributed by atoms with Crippen LogP contribution in [0.15, 0.2) is 24.5 Å². The Morgan fingerprint density at radius 3 is 2.79 bits per heavy atom. The molecule has 0 saturated carbocycles. The number of rotatable bonds is 7. The molecular formula is C13H20N6. The van der Waals surface area contributed by atoms with Crippen molar-refractivity contribution in [2.75, 3.05) is 24.2 Å². The summed E-state index contributed by atoms with van der Waals surface area (Å²) in [5.74, 6) is 2.57. The van der Waals surface area contributed by atoms with E-state index < -0.39 is 0 Å². The van der Waals surface area contributed by atoms with Crippen LogP contribution in [0.1, 0.15) is 19.2 Å². The molecule has 6 heteroatoms. The number of hydrogen-bond acceptors (Lipinski definition) is 5. The Hall–Kier alpha value is -2.11. The van der Waals surface area contributed by atoms with E-state index in [0.29, 0.717) is 0 Å². The van der Waals surface area contributed by atoms with Gasteiger partial charge in [-0.3, -0.25) is 4.68 Å². The lowest BCUT2D eigenvalue weighted by Gasteiger charge is -2.09. The first-order valence-corrected chi connectivity index (χ1v) is 6.59. The van der Waals surface area contributed by atoms with Crippen molar-refractivity contribution in [2.45, 2.75) is 26.3 Å². The first-order chi connectivity index (χ1) is 9.31. The average Bonchev–Trinajstić information content (AvgIpc) is 2.96. The highest BCUT2D eigenvalue weighted by atomic mass is 15.3. The summed E-state index contributed by atoms with van der Waals surface area (Å²) in [7, 11) is 1.86. The van der Waals surface area contributed by atoms with Crippen LogP contribution >= 0.6 is 0 Å². The van der Waals surface area contributed by atoms with Crippen molar-refractivity contribution in [1.82, 2.24) is 19.7 Å². The molecule has 19 heavy (non-hydrogen) atoms. The van der Waals surface area contributed by atoms with Crippen LogP contribution in [0.3, 0.4) is 0 Å².